The van der Waals surface area contributed by atoms with Crippen LogP contribution in [0.5, 0.6) is 0 Å². The number of carbonyl (C=O) groups excluding carboxylic acids is 1. The summed E-state index contributed by atoms with van der Waals surface area (Å²) in [5.41, 5.74) is 0.981. The first kappa shape index (κ1) is 8.51. The molecule has 0 radical (unpaired) electrons. The van der Waals surface area contributed by atoms with Gasteiger partial charge in [0.15, 0.2) is 0 Å². The van der Waals surface area contributed by atoms with Crippen molar-refractivity contribution in [1.82, 2.24) is 0 Å². The minimum atomic E-state index is 0.396. The van der Waals surface area contributed by atoms with Gasteiger partial charge in [-0.3, -0.25) is 4.79 Å². The molecule has 0 N–H and O–H groups in total. The van der Waals surface area contributed by atoms with Gasteiger partial charge in [-0.05, 0) is 30.3 Å². The van der Waals surface area contributed by atoms with E-state index in [1.807, 2.05) is 0 Å². The second kappa shape index (κ2) is 3.70. The Morgan fingerprint density at radius 3 is 2.36 bits per heavy atom. The van der Waals surface area contributed by atoms with E-state index >= 15 is 0 Å². The zero-order valence-electron chi connectivity index (χ0n) is 7.34. The molecule has 0 aromatic carbocycles. The van der Waals surface area contributed by atoms with Crippen LogP contribution in [0.15, 0.2) is 11.6 Å². The van der Waals surface area contributed by atoms with E-state index in [9.17, 15) is 4.79 Å². The molecule has 0 atom stereocenters. The van der Waals surface area contributed by atoms with Crippen molar-refractivity contribution >= 4 is 6.29 Å². The van der Waals surface area contributed by atoms with Crippen molar-refractivity contribution in [2.24, 2.45) is 11.8 Å². The van der Waals surface area contributed by atoms with Gasteiger partial charge in [0.25, 0.3) is 0 Å². The molecule has 1 heteroatoms. The second-order valence-corrected chi connectivity index (χ2v) is 3.63. The van der Waals surface area contributed by atoms with Crippen LogP contribution in [0.1, 0.15) is 33.1 Å². The van der Waals surface area contributed by atoms with Crippen LogP contribution in [0.3, 0.4) is 0 Å². The lowest BCUT2D eigenvalue weighted by Gasteiger charge is -2.22. The van der Waals surface area contributed by atoms with E-state index in [4.69, 9.17) is 0 Å². The third-order valence-corrected chi connectivity index (χ3v) is 2.38. The van der Waals surface area contributed by atoms with Crippen molar-refractivity contribution in [3.8, 4) is 0 Å². The average molecular weight is 152 g/mol. The summed E-state index contributed by atoms with van der Waals surface area (Å²) in [7, 11) is 0. The lowest BCUT2D eigenvalue weighted by atomic mass is 9.83. The lowest BCUT2D eigenvalue weighted by Crippen LogP contribution is -2.10. The molecule has 0 heterocycles. The molecule has 0 spiro atoms. The molecule has 1 nitrogen and oxygen atoms in total. The van der Waals surface area contributed by atoms with E-state index in [2.05, 4.69) is 19.9 Å². The fourth-order valence-electron chi connectivity index (χ4n) is 1.25. The maximum absolute atomic E-state index is 10.6. The molecule has 0 aromatic heterocycles. The van der Waals surface area contributed by atoms with Gasteiger partial charge in [-0.2, -0.15) is 0 Å². The number of aldehydes is 1. The molecule has 0 unspecified atom stereocenters. The monoisotopic (exact) mass is 152 g/mol. The Labute approximate surface area is 68.5 Å². The van der Waals surface area contributed by atoms with Crippen LogP contribution in [-0.4, -0.2) is 6.29 Å². The van der Waals surface area contributed by atoms with Crippen LogP contribution >= 0.6 is 0 Å². The summed E-state index contributed by atoms with van der Waals surface area (Å²) in [5.74, 6) is 1.10. The first-order valence-electron chi connectivity index (χ1n) is 4.41. The Morgan fingerprint density at radius 2 is 2.09 bits per heavy atom. The molecular weight excluding hydrogens is 136 g/mol. The number of hydrogen-bond donors (Lipinski definition) is 0. The highest BCUT2D eigenvalue weighted by molar-refractivity contribution is 5.73. The number of rotatable bonds is 3. The molecule has 1 aliphatic carbocycles. The van der Waals surface area contributed by atoms with E-state index in [0.717, 1.165) is 11.9 Å². The smallest absolute Gasteiger partial charge is 0.145 e. The van der Waals surface area contributed by atoms with Gasteiger partial charge < -0.3 is 0 Å². The molecule has 0 aromatic rings. The van der Waals surface area contributed by atoms with E-state index in [-0.39, 0.29) is 0 Å². The van der Waals surface area contributed by atoms with E-state index in [1.54, 1.807) is 0 Å². The van der Waals surface area contributed by atoms with Gasteiger partial charge in [0.2, 0.25) is 0 Å². The van der Waals surface area contributed by atoms with Crippen molar-refractivity contribution in [1.29, 1.82) is 0 Å². The third kappa shape index (κ3) is 2.18. The van der Waals surface area contributed by atoms with Crippen molar-refractivity contribution in [3.05, 3.63) is 11.6 Å². The molecule has 11 heavy (non-hydrogen) atoms. The summed E-state index contributed by atoms with van der Waals surface area (Å²) >= 11 is 0. The minimum absolute atomic E-state index is 0.396. The number of carbonyl (C=O) groups is 1. The highest BCUT2D eigenvalue weighted by Gasteiger charge is 2.16. The zero-order valence-corrected chi connectivity index (χ0v) is 7.34. The maximum atomic E-state index is 10.6. The van der Waals surface area contributed by atoms with Crippen LogP contribution in [0.25, 0.3) is 0 Å². The molecule has 0 amide bonds. The van der Waals surface area contributed by atoms with Gasteiger partial charge in [-0.25, -0.2) is 0 Å². The predicted molar refractivity (Wildman–Crippen MR) is 46.3 cm³/mol. The molecule has 0 aliphatic heterocycles. The summed E-state index contributed by atoms with van der Waals surface area (Å²) in [5, 5.41) is 0. The molecule has 0 saturated heterocycles. The highest BCUT2D eigenvalue weighted by atomic mass is 16.1. The number of allylic oxidation sites excluding steroid dienone is 2. The summed E-state index contributed by atoms with van der Waals surface area (Å²) < 4.78 is 0. The van der Waals surface area contributed by atoms with Crippen LogP contribution < -0.4 is 0 Å². The quantitative estimate of drug-likeness (QED) is 0.448. The standard InChI is InChI=1S/C10H16O/c1-8(2)10(7-11)6-9-4-3-5-9/h6-9H,3-5H2,1-2H3/b10-6-. The Kier molecular flexibility index (Phi) is 2.86. The van der Waals surface area contributed by atoms with Crippen LogP contribution in [0, 0.1) is 11.8 Å². The normalized spacial score (nSPS) is 20.1. The van der Waals surface area contributed by atoms with Crippen molar-refractivity contribution < 1.29 is 4.79 Å². The largest absolute Gasteiger partial charge is 0.298 e. The number of hydrogen-bond acceptors (Lipinski definition) is 1. The van der Waals surface area contributed by atoms with Crippen molar-refractivity contribution in [2.45, 2.75) is 33.1 Å². The third-order valence-electron chi connectivity index (χ3n) is 2.38. The fraction of sp³-hybridized carbons (Fsp3) is 0.700. The minimum Gasteiger partial charge on any atom is -0.298 e. The first-order chi connectivity index (χ1) is 5.24. The van der Waals surface area contributed by atoms with Gasteiger partial charge in [0.1, 0.15) is 6.29 Å². The van der Waals surface area contributed by atoms with Gasteiger partial charge in [-0.15, -0.1) is 0 Å². The SMILES string of the molecule is CC(C)/C(C=O)=C\C1CCC1. The fourth-order valence-corrected chi connectivity index (χ4v) is 1.25. The van der Waals surface area contributed by atoms with Gasteiger partial charge in [0.05, 0.1) is 0 Å². The molecular formula is C10H16O. The van der Waals surface area contributed by atoms with Crippen LogP contribution in [0.4, 0.5) is 0 Å². The van der Waals surface area contributed by atoms with E-state index in [1.165, 1.54) is 19.3 Å². The second-order valence-electron chi connectivity index (χ2n) is 3.63. The highest BCUT2D eigenvalue weighted by Crippen LogP contribution is 2.29. The Bertz CT molecular complexity index is 164. The molecule has 1 rings (SSSR count). The topological polar surface area (TPSA) is 17.1 Å². The Morgan fingerprint density at radius 1 is 1.45 bits per heavy atom. The van der Waals surface area contributed by atoms with E-state index < -0.39 is 0 Å². The first-order valence-corrected chi connectivity index (χ1v) is 4.41. The summed E-state index contributed by atoms with van der Waals surface area (Å²) in [4.78, 5) is 10.6. The van der Waals surface area contributed by atoms with Crippen LogP contribution in [-0.2, 0) is 4.79 Å². The molecule has 0 bridgehead atoms. The molecule has 1 aliphatic rings. The Balaban J connectivity index is 2.50. The Hall–Kier alpha value is -0.590. The molecule has 62 valence electrons. The zero-order chi connectivity index (χ0) is 8.27. The van der Waals surface area contributed by atoms with Gasteiger partial charge in [-0.1, -0.05) is 26.3 Å². The predicted octanol–water partition coefficient (Wildman–Crippen LogP) is 2.57. The van der Waals surface area contributed by atoms with Gasteiger partial charge in [0, 0.05) is 0 Å². The van der Waals surface area contributed by atoms with Crippen molar-refractivity contribution in [3.63, 3.8) is 0 Å². The van der Waals surface area contributed by atoms with Gasteiger partial charge >= 0.3 is 0 Å². The van der Waals surface area contributed by atoms with Crippen LogP contribution in [0.2, 0.25) is 0 Å². The molecule has 1 saturated carbocycles. The summed E-state index contributed by atoms with van der Waals surface area (Å²) in [6, 6.07) is 0. The lowest BCUT2D eigenvalue weighted by molar-refractivity contribution is -0.105. The van der Waals surface area contributed by atoms with E-state index in [0.29, 0.717) is 11.8 Å². The molecule has 1 fully saturated rings. The average Bonchev–Trinajstić information content (AvgIpc) is 1.85. The maximum Gasteiger partial charge on any atom is 0.145 e. The summed E-state index contributed by atoms with van der Waals surface area (Å²) in [6.07, 6.45) is 7.06. The van der Waals surface area contributed by atoms with Crippen molar-refractivity contribution in [2.75, 3.05) is 0 Å². The summed E-state index contributed by atoms with van der Waals surface area (Å²) in [6.45, 7) is 4.14.